The van der Waals surface area contributed by atoms with Gasteiger partial charge in [0.25, 0.3) is 0 Å². The molecule has 6 nitrogen and oxygen atoms in total. The fourth-order valence-corrected chi connectivity index (χ4v) is 2.35. The number of rotatable bonds is 3. The fraction of sp³-hybridized carbons (Fsp3) is 0.214. The normalized spacial score (nSPS) is 18.5. The summed E-state index contributed by atoms with van der Waals surface area (Å²) in [6.45, 7) is 0.356. The molecule has 0 aliphatic carbocycles. The van der Waals surface area contributed by atoms with Crippen LogP contribution in [0, 0.1) is 5.92 Å². The predicted molar refractivity (Wildman–Crippen MR) is 73.2 cm³/mol. The van der Waals surface area contributed by atoms with Crippen LogP contribution in [0.2, 0.25) is 0 Å². The van der Waals surface area contributed by atoms with Crippen molar-refractivity contribution >= 4 is 17.5 Å². The summed E-state index contributed by atoms with van der Waals surface area (Å²) in [5, 5.41) is 4.14. The molecule has 2 N–H and O–H groups in total. The third kappa shape index (κ3) is 2.16. The first-order valence-electron chi connectivity index (χ1n) is 6.35. The summed E-state index contributed by atoms with van der Waals surface area (Å²) in [4.78, 5) is 24.7. The van der Waals surface area contributed by atoms with Gasteiger partial charge < -0.3 is 10.6 Å². The lowest BCUT2D eigenvalue weighted by Gasteiger charge is -2.16. The minimum Gasteiger partial charge on any atom is -0.369 e. The van der Waals surface area contributed by atoms with Gasteiger partial charge in [0, 0.05) is 31.0 Å². The van der Waals surface area contributed by atoms with Gasteiger partial charge in [-0.15, -0.1) is 0 Å². The number of carbonyl (C=O) groups excluding carboxylic acids is 2. The summed E-state index contributed by atoms with van der Waals surface area (Å²) in [7, 11) is 0. The second-order valence-corrected chi connectivity index (χ2v) is 4.77. The molecule has 6 heteroatoms. The monoisotopic (exact) mass is 270 g/mol. The molecule has 1 unspecified atom stereocenters. The summed E-state index contributed by atoms with van der Waals surface area (Å²) in [6, 6.07) is 9.30. The van der Waals surface area contributed by atoms with Crippen molar-refractivity contribution in [3.63, 3.8) is 0 Å². The van der Waals surface area contributed by atoms with E-state index in [4.69, 9.17) is 5.73 Å². The maximum absolute atomic E-state index is 11.9. The SMILES string of the molecule is NC(=O)C1CC(=O)N(c2ccc(-n3cccn3)cc2)C1. The van der Waals surface area contributed by atoms with Crippen LogP contribution in [0.15, 0.2) is 42.7 Å². The van der Waals surface area contributed by atoms with E-state index in [1.54, 1.807) is 15.8 Å². The molecular formula is C14H14N4O2. The molecule has 2 heterocycles. The molecule has 1 saturated heterocycles. The maximum Gasteiger partial charge on any atom is 0.227 e. The molecule has 1 fully saturated rings. The Labute approximate surface area is 115 Å². The van der Waals surface area contributed by atoms with E-state index in [9.17, 15) is 9.59 Å². The van der Waals surface area contributed by atoms with Crippen LogP contribution >= 0.6 is 0 Å². The van der Waals surface area contributed by atoms with E-state index >= 15 is 0 Å². The van der Waals surface area contributed by atoms with Crippen molar-refractivity contribution in [2.45, 2.75) is 6.42 Å². The molecule has 2 aromatic rings. The van der Waals surface area contributed by atoms with Crippen LogP contribution in [0.25, 0.3) is 5.69 Å². The Morgan fingerprint density at radius 3 is 2.50 bits per heavy atom. The van der Waals surface area contributed by atoms with Gasteiger partial charge in [0.2, 0.25) is 11.8 Å². The quantitative estimate of drug-likeness (QED) is 0.891. The summed E-state index contributed by atoms with van der Waals surface area (Å²) in [5.74, 6) is -0.886. The number of nitrogens with two attached hydrogens (primary N) is 1. The molecule has 3 rings (SSSR count). The third-order valence-corrected chi connectivity index (χ3v) is 3.46. The number of hydrogen-bond donors (Lipinski definition) is 1. The van der Waals surface area contributed by atoms with E-state index in [0.717, 1.165) is 11.4 Å². The zero-order chi connectivity index (χ0) is 14.1. The molecule has 2 amide bonds. The van der Waals surface area contributed by atoms with E-state index in [-0.39, 0.29) is 12.3 Å². The van der Waals surface area contributed by atoms with Gasteiger partial charge in [-0.25, -0.2) is 4.68 Å². The van der Waals surface area contributed by atoms with Crippen LogP contribution in [0.4, 0.5) is 5.69 Å². The number of primary amides is 1. The van der Waals surface area contributed by atoms with Crippen molar-refractivity contribution in [2.75, 3.05) is 11.4 Å². The van der Waals surface area contributed by atoms with Crippen LogP contribution in [0.1, 0.15) is 6.42 Å². The van der Waals surface area contributed by atoms with Crippen LogP contribution < -0.4 is 10.6 Å². The third-order valence-electron chi connectivity index (χ3n) is 3.46. The van der Waals surface area contributed by atoms with E-state index in [1.165, 1.54) is 0 Å². The second kappa shape index (κ2) is 4.80. The second-order valence-electron chi connectivity index (χ2n) is 4.77. The Kier molecular flexibility index (Phi) is 2.98. The van der Waals surface area contributed by atoms with Crippen molar-refractivity contribution in [3.8, 4) is 5.69 Å². The standard InChI is InChI=1S/C14H14N4O2/c15-14(20)10-8-13(19)17(9-10)11-2-4-12(5-3-11)18-7-1-6-16-18/h1-7,10H,8-9H2,(H2,15,20). The average Bonchev–Trinajstić information content (AvgIpc) is 3.08. The first-order chi connectivity index (χ1) is 9.65. The van der Waals surface area contributed by atoms with Crippen molar-refractivity contribution in [2.24, 2.45) is 11.7 Å². The Bertz CT molecular complexity index is 634. The first-order valence-corrected chi connectivity index (χ1v) is 6.35. The van der Waals surface area contributed by atoms with Crippen LogP contribution in [0.3, 0.4) is 0 Å². The van der Waals surface area contributed by atoms with Gasteiger partial charge in [-0.1, -0.05) is 0 Å². The zero-order valence-corrected chi connectivity index (χ0v) is 10.8. The Morgan fingerprint density at radius 2 is 1.95 bits per heavy atom. The zero-order valence-electron chi connectivity index (χ0n) is 10.8. The summed E-state index contributed by atoms with van der Waals surface area (Å²) >= 11 is 0. The molecule has 1 aliphatic heterocycles. The minimum absolute atomic E-state index is 0.0689. The minimum atomic E-state index is -0.422. The highest BCUT2D eigenvalue weighted by atomic mass is 16.2. The lowest BCUT2D eigenvalue weighted by Crippen LogP contribution is -2.28. The molecule has 102 valence electrons. The highest BCUT2D eigenvalue weighted by Crippen LogP contribution is 2.25. The van der Waals surface area contributed by atoms with Gasteiger partial charge in [-0.05, 0) is 30.3 Å². The van der Waals surface area contributed by atoms with Crippen LogP contribution in [0.5, 0.6) is 0 Å². The number of benzene rings is 1. The molecule has 1 aliphatic rings. The molecule has 1 aromatic heterocycles. The number of amides is 2. The number of carbonyl (C=O) groups is 2. The number of anilines is 1. The average molecular weight is 270 g/mol. The topological polar surface area (TPSA) is 81.2 Å². The predicted octanol–water partition coefficient (Wildman–Crippen LogP) is 0.710. The van der Waals surface area contributed by atoms with E-state index < -0.39 is 11.8 Å². The smallest absolute Gasteiger partial charge is 0.227 e. The maximum atomic E-state index is 11.9. The van der Waals surface area contributed by atoms with Crippen LogP contribution in [-0.4, -0.2) is 28.1 Å². The molecule has 1 aromatic carbocycles. The molecular weight excluding hydrogens is 256 g/mol. The molecule has 1 atom stereocenters. The summed E-state index contributed by atoms with van der Waals surface area (Å²) in [5.41, 5.74) is 6.95. The molecule has 0 saturated carbocycles. The molecule has 20 heavy (non-hydrogen) atoms. The van der Waals surface area contributed by atoms with Gasteiger partial charge >= 0.3 is 0 Å². The summed E-state index contributed by atoms with van der Waals surface area (Å²) in [6.07, 6.45) is 3.74. The van der Waals surface area contributed by atoms with E-state index in [1.807, 2.05) is 36.5 Å². The van der Waals surface area contributed by atoms with Gasteiger partial charge in [0.05, 0.1) is 11.6 Å². The van der Waals surface area contributed by atoms with Gasteiger partial charge in [0.1, 0.15) is 0 Å². The Morgan fingerprint density at radius 1 is 1.25 bits per heavy atom. The van der Waals surface area contributed by atoms with E-state index in [0.29, 0.717) is 6.54 Å². The van der Waals surface area contributed by atoms with Crippen molar-refractivity contribution in [1.29, 1.82) is 0 Å². The molecule has 0 spiro atoms. The molecule has 0 bridgehead atoms. The van der Waals surface area contributed by atoms with Crippen molar-refractivity contribution in [3.05, 3.63) is 42.7 Å². The van der Waals surface area contributed by atoms with Gasteiger partial charge in [-0.2, -0.15) is 5.10 Å². The van der Waals surface area contributed by atoms with E-state index in [2.05, 4.69) is 5.10 Å². The number of aromatic nitrogens is 2. The Balaban J connectivity index is 1.82. The van der Waals surface area contributed by atoms with Gasteiger partial charge in [0.15, 0.2) is 0 Å². The number of hydrogen-bond acceptors (Lipinski definition) is 3. The van der Waals surface area contributed by atoms with Crippen LogP contribution in [-0.2, 0) is 9.59 Å². The lowest BCUT2D eigenvalue weighted by molar-refractivity contribution is -0.123. The first kappa shape index (κ1) is 12.4. The largest absolute Gasteiger partial charge is 0.369 e. The highest BCUT2D eigenvalue weighted by molar-refractivity contribution is 6.00. The van der Waals surface area contributed by atoms with Crippen molar-refractivity contribution in [1.82, 2.24) is 9.78 Å². The Hall–Kier alpha value is -2.63. The highest BCUT2D eigenvalue weighted by Gasteiger charge is 2.33. The lowest BCUT2D eigenvalue weighted by atomic mass is 10.1. The molecule has 0 radical (unpaired) electrons. The number of nitrogens with zero attached hydrogens (tertiary/aromatic N) is 3. The van der Waals surface area contributed by atoms with Crippen molar-refractivity contribution < 1.29 is 9.59 Å². The fourth-order valence-electron chi connectivity index (χ4n) is 2.35. The van der Waals surface area contributed by atoms with Gasteiger partial charge in [-0.3, -0.25) is 9.59 Å². The summed E-state index contributed by atoms with van der Waals surface area (Å²) < 4.78 is 1.74.